The number of hydrogen-bond acceptors (Lipinski definition) is 8. The zero-order valence-electron chi connectivity index (χ0n) is 19.6. The quantitative estimate of drug-likeness (QED) is 0.347. The maximum absolute atomic E-state index is 13.6. The first kappa shape index (κ1) is 24.4. The van der Waals surface area contributed by atoms with Gasteiger partial charge in [0.25, 0.3) is 5.91 Å². The Balaban J connectivity index is 1.43. The molecule has 1 amide bonds. The molecule has 4 aromatic rings. The molecule has 2 aromatic carbocycles. The van der Waals surface area contributed by atoms with E-state index in [9.17, 15) is 13.2 Å². The Morgan fingerprint density at radius 3 is 2.64 bits per heavy atom. The number of methoxy groups -OCH3 is 1. The van der Waals surface area contributed by atoms with E-state index in [-0.39, 0.29) is 10.8 Å². The van der Waals surface area contributed by atoms with Crippen LogP contribution in [0.15, 0.2) is 65.8 Å². The molecule has 0 N–H and O–H groups in total. The Bertz CT molecular complexity index is 1450. The lowest BCUT2D eigenvalue weighted by Crippen LogP contribution is -2.40. The molecular formula is C24H25N5O5S2. The lowest BCUT2D eigenvalue weighted by atomic mass is 10.2. The molecule has 1 saturated heterocycles. The number of nitrogens with zero attached hydrogens (tertiary/aromatic N) is 5. The number of carbonyl (C=O) groups is 1. The number of ether oxygens (including phenoxy) is 2. The minimum atomic E-state index is -3.65. The number of hydrogen-bond donors (Lipinski definition) is 0. The first-order chi connectivity index (χ1) is 17.5. The summed E-state index contributed by atoms with van der Waals surface area (Å²) in [7, 11) is -2.04. The van der Waals surface area contributed by atoms with Gasteiger partial charge in [0.05, 0.1) is 42.0 Å². The molecule has 1 fully saturated rings. The summed E-state index contributed by atoms with van der Waals surface area (Å²) in [6.07, 6.45) is 3.51. The lowest BCUT2D eigenvalue weighted by molar-refractivity contribution is 0.0730. The van der Waals surface area contributed by atoms with Crippen LogP contribution in [-0.4, -0.2) is 73.4 Å². The zero-order chi connectivity index (χ0) is 25.1. The first-order valence-electron chi connectivity index (χ1n) is 11.4. The molecule has 1 aliphatic rings. The average Bonchev–Trinajstić information content (AvgIpc) is 3.59. The molecule has 2 aromatic heterocycles. The maximum atomic E-state index is 13.6. The third-order valence-electron chi connectivity index (χ3n) is 5.88. The molecule has 0 radical (unpaired) electrons. The minimum Gasteiger partial charge on any atom is -0.497 e. The largest absolute Gasteiger partial charge is 0.497 e. The van der Waals surface area contributed by atoms with Gasteiger partial charge in [0.1, 0.15) is 5.75 Å². The van der Waals surface area contributed by atoms with Crippen LogP contribution >= 0.6 is 11.3 Å². The summed E-state index contributed by atoms with van der Waals surface area (Å²) in [6, 6.07) is 13.5. The number of rotatable bonds is 8. The summed E-state index contributed by atoms with van der Waals surface area (Å²) in [6.45, 7) is 2.18. The number of sulfonamides is 1. The van der Waals surface area contributed by atoms with Gasteiger partial charge in [0.2, 0.25) is 10.0 Å². The summed E-state index contributed by atoms with van der Waals surface area (Å²) in [5, 5.41) is 4.77. The van der Waals surface area contributed by atoms with Crippen molar-refractivity contribution in [2.75, 3.05) is 44.9 Å². The van der Waals surface area contributed by atoms with Gasteiger partial charge in [0.15, 0.2) is 5.13 Å². The molecule has 0 saturated carbocycles. The summed E-state index contributed by atoms with van der Waals surface area (Å²) < 4.78 is 40.5. The van der Waals surface area contributed by atoms with Crippen LogP contribution in [0.4, 0.5) is 5.13 Å². The standard InChI is InChI=1S/C24H25N5O5S2/c1-33-19-5-8-21-22(17-19)35-24(26-21)29(12-11-27-10-2-9-25-27)23(30)18-3-6-20(7-4-18)36(31,32)28-13-15-34-16-14-28/h2-10,17H,11-16H2,1H3. The van der Waals surface area contributed by atoms with Crippen LogP contribution in [0.25, 0.3) is 10.2 Å². The number of morpholine rings is 1. The second kappa shape index (κ2) is 10.3. The van der Waals surface area contributed by atoms with Crippen molar-refractivity contribution in [3.63, 3.8) is 0 Å². The average molecular weight is 528 g/mol. The highest BCUT2D eigenvalue weighted by molar-refractivity contribution is 7.89. The molecular weight excluding hydrogens is 502 g/mol. The fourth-order valence-electron chi connectivity index (χ4n) is 3.92. The molecule has 36 heavy (non-hydrogen) atoms. The van der Waals surface area contributed by atoms with Gasteiger partial charge >= 0.3 is 0 Å². The third kappa shape index (κ3) is 4.98. The Morgan fingerprint density at radius 1 is 1.17 bits per heavy atom. The van der Waals surface area contributed by atoms with Crippen molar-refractivity contribution in [2.45, 2.75) is 11.4 Å². The number of thiazole rings is 1. The molecule has 12 heteroatoms. The Hall–Kier alpha value is -3.32. The van der Waals surface area contributed by atoms with Gasteiger partial charge in [-0.15, -0.1) is 0 Å². The topological polar surface area (TPSA) is 107 Å². The van der Waals surface area contributed by atoms with Crippen molar-refractivity contribution in [3.8, 4) is 5.75 Å². The van der Waals surface area contributed by atoms with Crippen LogP contribution in [0, 0.1) is 0 Å². The van der Waals surface area contributed by atoms with Crippen LogP contribution in [-0.2, 0) is 21.3 Å². The van der Waals surface area contributed by atoms with Crippen LogP contribution in [0.3, 0.4) is 0 Å². The van der Waals surface area contributed by atoms with Crippen molar-refractivity contribution in [2.24, 2.45) is 0 Å². The van der Waals surface area contributed by atoms with Crippen LogP contribution in [0.1, 0.15) is 10.4 Å². The van der Waals surface area contributed by atoms with Gasteiger partial charge < -0.3 is 9.47 Å². The van der Waals surface area contributed by atoms with E-state index in [1.807, 2.05) is 30.5 Å². The van der Waals surface area contributed by atoms with Crippen molar-refractivity contribution in [3.05, 3.63) is 66.5 Å². The van der Waals surface area contributed by atoms with Crippen molar-refractivity contribution < 1.29 is 22.7 Å². The second-order valence-electron chi connectivity index (χ2n) is 8.10. The number of benzene rings is 2. The van der Waals surface area contributed by atoms with Crippen LogP contribution < -0.4 is 9.64 Å². The summed E-state index contributed by atoms with van der Waals surface area (Å²) in [5.41, 5.74) is 1.13. The van der Waals surface area contributed by atoms with Crippen LogP contribution in [0.2, 0.25) is 0 Å². The third-order valence-corrected chi connectivity index (χ3v) is 8.84. The Labute approximate surface area is 212 Å². The second-order valence-corrected chi connectivity index (χ2v) is 11.0. The van der Waals surface area contributed by atoms with E-state index in [1.165, 1.54) is 27.8 Å². The highest BCUT2D eigenvalue weighted by Gasteiger charge is 2.27. The van der Waals surface area contributed by atoms with Crippen LogP contribution in [0.5, 0.6) is 5.75 Å². The molecule has 0 aliphatic carbocycles. The lowest BCUT2D eigenvalue weighted by Gasteiger charge is -2.26. The van der Waals surface area contributed by atoms with E-state index in [0.29, 0.717) is 55.8 Å². The molecule has 5 rings (SSSR count). The van der Waals surface area contributed by atoms with E-state index >= 15 is 0 Å². The van der Waals surface area contributed by atoms with Gasteiger partial charge in [-0.25, -0.2) is 13.4 Å². The smallest absolute Gasteiger partial charge is 0.260 e. The number of aromatic nitrogens is 3. The molecule has 1 aliphatic heterocycles. The van der Waals surface area contributed by atoms with E-state index in [4.69, 9.17) is 9.47 Å². The highest BCUT2D eigenvalue weighted by Crippen LogP contribution is 2.32. The molecule has 0 atom stereocenters. The molecule has 0 spiro atoms. The first-order valence-corrected chi connectivity index (χ1v) is 13.6. The summed E-state index contributed by atoms with van der Waals surface area (Å²) >= 11 is 1.39. The molecule has 10 nitrogen and oxygen atoms in total. The summed E-state index contributed by atoms with van der Waals surface area (Å²) in [5.74, 6) is 0.438. The fraction of sp³-hybridized carbons (Fsp3) is 0.292. The van der Waals surface area contributed by atoms with Gasteiger partial charge in [0, 0.05) is 37.6 Å². The molecule has 0 unspecified atom stereocenters. The monoisotopic (exact) mass is 527 g/mol. The van der Waals surface area contributed by atoms with E-state index in [1.54, 1.807) is 35.0 Å². The van der Waals surface area contributed by atoms with Gasteiger partial charge in [-0.1, -0.05) is 11.3 Å². The van der Waals surface area contributed by atoms with Crippen molar-refractivity contribution in [1.82, 2.24) is 19.1 Å². The molecule has 0 bridgehead atoms. The molecule has 3 heterocycles. The number of anilines is 1. The SMILES string of the molecule is COc1ccc2nc(N(CCn3cccn3)C(=O)c3ccc(S(=O)(=O)N4CCOCC4)cc3)sc2c1. The summed E-state index contributed by atoms with van der Waals surface area (Å²) in [4.78, 5) is 20.1. The normalized spacial score (nSPS) is 14.7. The van der Waals surface area contributed by atoms with E-state index in [0.717, 1.165) is 10.2 Å². The number of amides is 1. The minimum absolute atomic E-state index is 0.149. The van der Waals surface area contributed by atoms with Gasteiger partial charge in [-0.3, -0.25) is 14.4 Å². The van der Waals surface area contributed by atoms with Crippen molar-refractivity contribution in [1.29, 1.82) is 0 Å². The van der Waals surface area contributed by atoms with Gasteiger partial charge in [-0.2, -0.15) is 9.40 Å². The maximum Gasteiger partial charge on any atom is 0.260 e. The van der Waals surface area contributed by atoms with E-state index < -0.39 is 10.0 Å². The fourth-order valence-corrected chi connectivity index (χ4v) is 6.34. The molecule has 188 valence electrons. The Kier molecular flexibility index (Phi) is 7.01. The van der Waals surface area contributed by atoms with Crippen molar-refractivity contribution >= 4 is 42.6 Å². The Morgan fingerprint density at radius 2 is 1.94 bits per heavy atom. The van der Waals surface area contributed by atoms with E-state index in [2.05, 4.69) is 10.1 Å². The predicted octanol–water partition coefficient (Wildman–Crippen LogP) is 2.87. The zero-order valence-corrected chi connectivity index (χ0v) is 21.2. The van der Waals surface area contributed by atoms with Gasteiger partial charge in [-0.05, 0) is 48.5 Å². The predicted molar refractivity (Wildman–Crippen MR) is 136 cm³/mol. The highest BCUT2D eigenvalue weighted by atomic mass is 32.2. The number of fused-ring (bicyclic) bond motifs is 1. The number of carbonyl (C=O) groups excluding carboxylic acids is 1.